The standard InChI is InChI=1S/C11H25N3O/c1-8(2)7-13-5-6-14-11(15)10(12)9(3)4/h8-10,13H,5-7,12H2,1-4H3,(H,14,15)/t10-/m0/s1. The molecule has 4 N–H and O–H groups in total. The van der Waals surface area contributed by atoms with E-state index in [9.17, 15) is 4.79 Å². The topological polar surface area (TPSA) is 67.1 Å². The molecule has 0 saturated heterocycles. The summed E-state index contributed by atoms with van der Waals surface area (Å²) in [4.78, 5) is 11.4. The molecule has 0 unspecified atom stereocenters. The van der Waals surface area contributed by atoms with Crippen molar-refractivity contribution in [2.45, 2.75) is 33.7 Å². The zero-order chi connectivity index (χ0) is 11.8. The van der Waals surface area contributed by atoms with Crippen LogP contribution in [0.3, 0.4) is 0 Å². The van der Waals surface area contributed by atoms with Crippen molar-refractivity contribution in [1.82, 2.24) is 10.6 Å². The van der Waals surface area contributed by atoms with Crippen LogP contribution < -0.4 is 16.4 Å². The average Bonchev–Trinajstić information content (AvgIpc) is 2.15. The molecule has 4 heteroatoms. The first-order chi connectivity index (χ1) is 6.95. The highest BCUT2D eigenvalue weighted by Crippen LogP contribution is 1.97. The van der Waals surface area contributed by atoms with E-state index in [4.69, 9.17) is 5.73 Å². The van der Waals surface area contributed by atoms with Gasteiger partial charge in [-0.15, -0.1) is 0 Å². The van der Waals surface area contributed by atoms with E-state index in [-0.39, 0.29) is 11.8 Å². The van der Waals surface area contributed by atoms with Crippen LogP contribution in [0.5, 0.6) is 0 Å². The lowest BCUT2D eigenvalue weighted by Gasteiger charge is -2.15. The fraction of sp³-hybridized carbons (Fsp3) is 0.909. The number of amides is 1. The van der Waals surface area contributed by atoms with Crippen LogP contribution in [0.15, 0.2) is 0 Å². The van der Waals surface area contributed by atoms with E-state index in [1.807, 2.05) is 13.8 Å². The van der Waals surface area contributed by atoms with Gasteiger partial charge in [-0.05, 0) is 18.4 Å². The lowest BCUT2D eigenvalue weighted by molar-refractivity contribution is -0.123. The van der Waals surface area contributed by atoms with Gasteiger partial charge in [-0.25, -0.2) is 0 Å². The Morgan fingerprint density at radius 2 is 1.80 bits per heavy atom. The Morgan fingerprint density at radius 1 is 1.20 bits per heavy atom. The van der Waals surface area contributed by atoms with Crippen molar-refractivity contribution in [3.05, 3.63) is 0 Å². The van der Waals surface area contributed by atoms with Crippen LogP contribution in [0.1, 0.15) is 27.7 Å². The fourth-order valence-corrected chi connectivity index (χ4v) is 1.09. The lowest BCUT2D eigenvalue weighted by Crippen LogP contribution is -2.45. The zero-order valence-electron chi connectivity index (χ0n) is 10.3. The SMILES string of the molecule is CC(C)CNCCNC(=O)[C@@H](N)C(C)C. The molecule has 0 radical (unpaired) electrons. The van der Waals surface area contributed by atoms with Gasteiger partial charge in [0.2, 0.25) is 5.91 Å². The van der Waals surface area contributed by atoms with Gasteiger partial charge in [0.25, 0.3) is 0 Å². The van der Waals surface area contributed by atoms with Crippen molar-refractivity contribution in [3.8, 4) is 0 Å². The van der Waals surface area contributed by atoms with Crippen molar-refractivity contribution < 1.29 is 4.79 Å². The molecule has 4 nitrogen and oxygen atoms in total. The number of carbonyl (C=O) groups is 1. The van der Waals surface area contributed by atoms with E-state index >= 15 is 0 Å². The highest BCUT2D eigenvalue weighted by atomic mass is 16.2. The minimum Gasteiger partial charge on any atom is -0.353 e. The molecule has 0 fully saturated rings. The van der Waals surface area contributed by atoms with Crippen LogP contribution in [0.25, 0.3) is 0 Å². The first-order valence-corrected chi connectivity index (χ1v) is 5.69. The van der Waals surface area contributed by atoms with Gasteiger partial charge in [-0.3, -0.25) is 4.79 Å². The summed E-state index contributed by atoms with van der Waals surface area (Å²) in [5, 5.41) is 6.06. The van der Waals surface area contributed by atoms with Gasteiger partial charge < -0.3 is 16.4 Å². The molecule has 0 aromatic carbocycles. The third-order valence-electron chi connectivity index (χ3n) is 2.17. The van der Waals surface area contributed by atoms with Crippen LogP contribution in [0.2, 0.25) is 0 Å². The maximum atomic E-state index is 11.4. The molecule has 0 aliphatic carbocycles. The van der Waals surface area contributed by atoms with Crippen LogP contribution in [0, 0.1) is 11.8 Å². The highest BCUT2D eigenvalue weighted by Gasteiger charge is 2.15. The van der Waals surface area contributed by atoms with Crippen molar-refractivity contribution in [3.63, 3.8) is 0 Å². The number of hydrogen-bond donors (Lipinski definition) is 3. The van der Waals surface area contributed by atoms with Crippen LogP contribution in [-0.4, -0.2) is 31.6 Å². The van der Waals surface area contributed by atoms with Crippen LogP contribution >= 0.6 is 0 Å². The van der Waals surface area contributed by atoms with E-state index < -0.39 is 6.04 Å². The molecule has 0 aromatic rings. The van der Waals surface area contributed by atoms with Gasteiger partial charge in [0.15, 0.2) is 0 Å². The van der Waals surface area contributed by atoms with Crippen LogP contribution in [0.4, 0.5) is 0 Å². The minimum atomic E-state index is -0.393. The Bertz CT molecular complexity index is 181. The summed E-state index contributed by atoms with van der Waals surface area (Å²) in [5.41, 5.74) is 5.69. The number of nitrogens with one attached hydrogen (secondary N) is 2. The third kappa shape index (κ3) is 7.33. The van der Waals surface area contributed by atoms with E-state index in [0.29, 0.717) is 12.5 Å². The number of carbonyl (C=O) groups excluding carboxylic acids is 1. The molecule has 15 heavy (non-hydrogen) atoms. The molecular weight excluding hydrogens is 190 g/mol. The highest BCUT2D eigenvalue weighted by molar-refractivity contribution is 5.81. The fourth-order valence-electron chi connectivity index (χ4n) is 1.09. The summed E-state index contributed by atoms with van der Waals surface area (Å²) in [6.45, 7) is 10.6. The van der Waals surface area contributed by atoms with E-state index in [1.165, 1.54) is 0 Å². The largest absolute Gasteiger partial charge is 0.353 e. The smallest absolute Gasteiger partial charge is 0.237 e. The van der Waals surface area contributed by atoms with Crippen molar-refractivity contribution in [2.75, 3.05) is 19.6 Å². The monoisotopic (exact) mass is 215 g/mol. The van der Waals surface area contributed by atoms with Crippen LogP contribution in [-0.2, 0) is 4.79 Å². The molecule has 0 aliphatic rings. The molecule has 0 saturated carbocycles. The molecular formula is C11H25N3O. The molecule has 0 rings (SSSR count). The maximum absolute atomic E-state index is 11.4. The molecule has 1 amide bonds. The minimum absolute atomic E-state index is 0.0589. The first kappa shape index (κ1) is 14.4. The molecule has 0 aromatic heterocycles. The van der Waals surface area contributed by atoms with Crippen molar-refractivity contribution in [1.29, 1.82) is 0 Å². The average molecular weight is 215 g/mol. The zero-order valence-corrected chi connectivity index (χ0v) is 10.3. The van der Waals surface area contributed by atoms with E-state index in [1.54, 1.807) is 0 Å². The quantitative estimate of drug-likeness (QED) is 0.536. The normalized spacial score (nSPS) is 13.3. The molecule has 90 valence electrons. The molecule has 0 bridgehead atoms. The summed E-state index contributed by atoms with van der Waals surface area (Å²) in [6, 6.07) is -0.393. The van der Waals surface area contributed by atoms with Gasteiger partial charge in [0.1, 0.15) is 0 Å². The predicted molar refractivity (Wildman–Crippen MR) is 63.5 cm³/mol. The van der Waals surface area contributed by atoms with Gasteiger partial charge in [0, 0.05) is 13.1 Å². The maximum Gasteiger partial charge on any atom is 0.237 e. The summed E-state index contributed by atoms with van der Waals surface area (Å²) >= 11 is 0. The van der Waals surface area contributed by atoms with Gasteiger partial charge in [-0.2, -0.15) is 0 Å². The Balaban J connectivity index is 3.47. The Kier molecular flexibility index (Phi) is 7.34. The summed E-state index contributed by atoms with van der Waals surface area (Å²) in [5.74, 6) is 0.767. The second-order valence-corrected chi connectivity index (χ2v) is 4.66. The van der Waals surface area contributed by atoms with Gasteiger partial charge >= 0.3 is 0 Å². The first-order valence-electron chi connectivity index (χ1n) is 5.69. The Labute approximate surface area is 93.0 Å². The molecule has 0 aliphatic heterocycles. The van der Waals surface area contributed by atoms with Gasteiger partial charge in [0.05, 0.1) is 6.04 Å². The van der Waals surface area contributed by atoms with E-state index in [2.05, 4.69) is 24.5 Å². The Hall–Kier alpha value is -0.610. The summed E-state index contributed by atoms with van der Waals surface area (Å²) in [6.07, 6.45) is 0. The van der Waals surface area contributed by atoms with Crippen molar-refractivity contribution >= 4 is 5.91 Å². The third-order valence-corrected chi connectivity index (χ3v) is 2.17. The number of rotatable bonds is 7. The number of hydrogen-bond acceptors (Lipinski definition) is 3. The lowest BCUT2D eigenvalue weighted by atomic mass is 10.1. The summed E-state index contributed by atoms with van der Waals surface area (Å²) < 4.78 is 0. The molecule has 0 spiro atoms. The second-order valence-electron chi connectivity index (χ2n) is 4.66. The summed E-state index contributed by atoms with van der Waals surface area (Å²) in [7, 11) is 0. The van der Waals surface area contributed by atoms with Gasteiger partial charge in [-0.1, -0.05) is 27.7 Å². The van der Waals surface area contributed by atoms with E-state index in [0.717, 1.165) is 13.1 Å². The second kappa shape index (κ2) is 7.65. The number of nitrogens with two attached hydrogens (primary N) is 1. The van der Waals surface area contributed by atoms with Crippen molar-refractivity contribution in [2.24, 2.45) is 17.6 Å². The Morgan fingerprint density at radius 3 is 2.27 bits per heavy atom. The molecule has 1 atom stereocenters. The predicted octanol–water partition coefficient (Wildman–Crippen LogP) is 0.332. The molecule has 0 heterocycles.